The fourth-order valence-electron chi connectivity index (χ4n) is 2.61. The highest BCUT2D eigenvalue weighted by atomic mass is 15.3. The van der Waals surface area contributed by atoms with Gasteiger partial charge in [-0.1, -0.05) is 29.8 Å². The number of anilines is 1. The van der Waals surface area contributed by atoms with Crippen molar-refractivity contribution in [3.8, 4) is 11.3 Å². The van der Waals surface area contributed by atoms with Crippen LogP contribution in [0.5, 0.6) is 0 Å². The first-order valence-corrected chi connectivity index (χ1v) is 6.80. The molecule has 3 rings (SSSR count). The predicted octanol–water partition coefficient (Wildman–Crippen LogP) is 1.81. The average molecular weight is 256 g/mol. The van der Waals surface area contributed by atoms with Crippen LogP contribution >= 0.6 is 0 Å². The minimum atomic E-state index is 1.04. The van der Waals surface area contributed by atoms with Gasteiger partial charge in [-0.05, 0) is 6.92 Å². The lowest BCUT2D eigenvalue weighted by atomic mass is 10.1. The van der Waals surface area contributed by atoms with Gasteiger partial charge >= 0.3 is 0 Å². The van der Waals surface area contributed by atoms with Gasteiger partial charge in [0.2, 0.25) is 0 Å². The first-order valence-electron chi connectivity index (χ1n) is 6.80. The van der Waals surface area contributed by atoms with Crippen LogP contribution in [0.25, 0.3) is 11.3 Å². The van der Waals surface area contributed by atoms with Crippen LogP contribution in [0.15, 0.2) is 30.5 Å². The standard InChI is InChI=1S/C15H20N4/c1-12-3-5-13(6-4-12)15-14(11-17-18(15)2)19-9-7-16-8-10-19/h3-6,11,16H,7-10H2,1-2H3. The maximum absolute atomic E-state index is 4.45. The summed E-state index contributed by atoms with van der Waals surface area (Å²) < 4.78 is 1.97. The zero-order valence-electron chi connectivity index (χ0n) is 11.6. The number of nitrogens with one attached hydrogen (secondary N) is 1. The molecule has 2 aromatic rings. The maximum Gasteiger partial charge on any atom is 0.0912 e. The molecule has 19 heavy (non-hydrogen) atoms. The highest BCUT2D eigenvalue weighted by molar-refractivity contribution is 5.75. The number of piperazine rings is 1. The summed E-state index contributed by atoms with van der Waals surface area (Å²) in [5.74, 6) is 0. The Morgan fingerprint density at radius 1 is 1.11 bits per heavy atom. The Hall–Kier alpha value is -1.81. The fourth-order valence-corrected chi connectivity index (χ4v) is 2.61. The van der Waals surface area contributed by atoms with Gasteiger partial charge in [0.25, 0.3) is 0 Å². The number of aryl methyl sites for hydroxylation is 2. The number of hydrogen-bond acceptors (Lipinski definition) is 3. The van der Waals surface area contributed by atoms with E-state index in [0.717, 1.165) is 26.2 Å². The molecule has 0 unspecified atom stereocenters. The average Bonchev–Trinajstić information content (AvgIpc) is 2.83. The van der Waals surface area contributed by atoms with Crippen LogP contribution in [0.3, 0.4) is 0 Å². The Bertz CT molecular complexity index is 550. The molecule has 0 radical (unpaired) electrons. The molecule has 0 saturated carbocycles. The van der Waals surface area contributed by atoms with Gasteiger partial charge in [-0.15, -0.1) is 0 Å². The third-order valence-corrected chi connectivity index (χ3v) is 3.70. The summed E-state index contributed by atoms with van der Waals surface area (Å²) in [4.78, 5) is 2.42. The molecule has 1 aliphatic rings. The van der Waals surface area contributed by atoms with Crippen molar-refractivity contribution in [1.82, 2.24) is 15.1 Å². The monoisotopic (exact) mass is 256 g/mol. The van der Waals surface area contributed by atoms with Gasteiger partial charge in [0.15, 0.2) is 0 Å². The van der Waals surface area contributed by atoms with E-state index in [0.29, 0.717) is 0 Å². The molecule has 4 heteroatoms. The second kappa shape index (κ2) is 5.05. The first kappa shape index (κ1) is 12.2. The highest BCUT2D eigenvalue weighted by Gasteiger charge is 2.18. The topological polar surface area (TPSA) is 33.1 Å². The van der Waals surface area contributed by atoms with E-state index in [1.54, 1.807) is 0 Å². The Kier molecular flexibility index (Phi) is 3.25. The lowest BCUT2D eigenvalue weighted by Crippen LogP contribution is -2.43. The van der Waals surface area contributed by atoms with Crippen molar-refractivity contribution < 1.29 is 0 Å². The smallest absolute Gasteiger partial charge is 0.0912 e. The van der Waals surface area contributed by atoms with E-state index in [1.807, 2.05) is 17.9 Å². The largest absolute Gasteiger partial charge is 0.366 e. The molecule has 1 aliphatic heterocycles. The van der Waals surface area contributed by atoms with E-state index in [1.165, 1.54) is 22.5 Å². The summed E-state index contributed by atoms with van der Waals surface area (Å²) in [6.45, 7) is 6.30. The Morgan fingerprint density at radius 2 is 1.79 bits per heavy atom. The van der Waals surface area contributed by atoms with Crippen molar-refractivity contribution >= 4 is 5.69 Å². The summed E-state index contributed by atoms with van der Waals surface area (Å²) in [5, 5.41) is 7.83. The number of hydrogen-bond donors (Lipinski definition) is 1. The van der Waals surface area contributed by atoms with E-state index >= 15 is 0 Å². The minimum Gasteiger partial charge on any atom is -0.366 e. The lowest BCUT2D eigenvalue weighted by molar-refractivity contribution is 0.589. The molecule has 0 atom stereocenters. The van der Waals surface area contributed by atoms with Crippen molar-refractivity contribution in [1.29, 1.82) is 0 Å². The molecule has 100 valence electrons. The third kappa shape index (κ3) is 2.36. The van der Waals surface area contributed by atoms with E-state index in [4.69, 9.17) is 0 Å². The molecule has 1 fully saturated rings. The van der Waals surface area contributed by atoms with E-state index < -0.39 is 0 Å². The first-order chi connectivity index (χ1) is 9.25. The minimum absolute atomic E-state index is 1.04. The van der Waals surface area contributed by atoms with Crippen molar-refractivity contribution in [2.24, 2.45) is 7.05 Å². The molecule has 0 aliphatic carbocycles. The molecule has 1 saturated heterocycles. The Balaban J connectivity index is 2.00. The summed E-state index contributed by atoms with van der Waals surface area (Å²) in [7, 11) is 2.01. The van der Waals surface area contributed by atoms with Crippen LogP contribution < -0.4 is 10.2 Å². The van der Waals surface area contributed by atoms with E-state index in [-0.39, 0.29) is 0 Å². The zero-order chi connectivity index (χ0) is 13.2. The van der Waals surface area contributed by atoms with Crippen LogP contribution in [-0.4, -0.2) is 36.0 Å². The normalized spacial score (nSPS) is 15.8. The SMILES string of the molecule is Cc1ccc(-c2c(N3CCNCC3)cnn2C)cc1. The third-order valence-electron chi connectivity index (χ3n) is 3.70. The molecule has 2 heterocycles. The second-order valence-corrected chi connectivity index (χ2v) is 5.11. The molecule has 1 N–H and O–H groups in total. The van der Waals surface area contributed by atoms with Gasteiger partial charge in [0.05, 0.1) is 17.6 Å². The molecular formula is C15H20N4. The van der Waals surface area contributed by atoms with Crippen LogP contribution in [0.2, 0.25) is 0 Å². The van der Waals surface area contributed by atoms with Crippen molar-refractivity contribution in [3.63, 3.8) is 0 Å². The number of rotatable bonds is 2. The van der Waals surface area contributed by atoms with Gasteiger partial charge in [0.1, 0.15) is 0 Å². The summed E-state index contributed by atoms with van der Waals surface area (Å²) in [5.41, 5.74) is 4.98. The van der Waals surface area contributed by atoms with Crippen molar-refractivity contribution in [2.45, 2.75) is 6.92 Å². The quantitative estimate of drug-likeness (QED) is 0.889. The van der Waals surface area contributed by atoms with Gasteiger partial charge in [-0.3, -0.25) is 4.68 Å². The van der Waals surface area contributed by atoms with Crippen LogP contribution in [0.1, 0.15) is 5.56 Å². The van der Waals surface area contributed by atoms with Gasteiger partial charge in [-0.25, -0.2) is 0 Å². The molecule has 0 spiro atoms. The molecule has 0 bridgehead atoms. The van der Waals surface area contributed by atoms with E-state index in [9.17, 15) is 0 Å². The second-order valence-electron chi connectivity index (χ2n) is 5.11. The number of nitrogens with zero attached hydrogens (tertiary/aromatic N) is 3. The molecule has 1 aromatic heterocycles. The van der Waals surface area contributed by atoms with E-state index in [2.05, 4.69) is 46.5 Å². The van der Waals surface area contributed by atoms with Gasteiger partial charge in [0, 0.05) is 38.8 Å². The maximum atomic E-state index is 4.45. The molecule has 1 aromatic carbocycles. The number of benzene rings is 1. The molecule has 4 nitrogen and oxygen atoms in total. The van der Waals surface area contributed by atoms with Crippen LogP contribution in [0.4, 0.5) is 5.69 Å². The Morgan fingerprint density at radius 3 is 2.47 bits per heavy atom. The summed E-state index contributed by atoms with van der Waals surface area (Å²) in [6, 6.07) is 8.67. The Labute approximate surface area is 114 Å². The summed E-state index contributed by atoms with van der Waals surface area (Å²) >= 11 is 0. The van der Waals surface area contributed by atoms with Gasteiger partial charge in [-0.2, -0.15) is 5.10 Å². The summed E-state index contributed by atoms with van der Waals surface area (Å²) in [6.07, 6.45) is 1.99. The fraction of sp³-hybridized carbons (Fsp3) is 0.400. The molecular weight excluding hydrogens is 236 g/mol. The highest BCUT2D eigenvalue weighted by Crippen LogP contribution is 2.30. The molecule has 0 amide bonds. The zero-order valence-corrected chi connectivity index (χ0v) is 11.6. The number of aromatic nitrogens is 2. The van der Waals surface area contributed by atoms with Crippen LogP contribution in [-0.2, 0) is 7.05 Å². The lowest BCUT2D eigenvalue weighted by Gasteiger charge is -2.29. The van der Waals surface area contributed by atoms with Crippen molar-refractivity contribution in [2.75, 3.05) is 31.1 Å². The van der Waals surface area contributed by atoms with Crippen molar-refractivity contribution in [3.05, 3.63) is 36.0 Å². The van der Waals surface area contributed by atoms with Gasteiger partial charge < -0.3 is 10.2 Å². The van der Waals surface area contributed by atoms with Crippen LogP contribution in [0, 0.1) is 6.92 Å². The predicted molar refractivity (Wildman–Crippen MR) is 78.5 cm³/mol.